The smallest absolute Gasteiger partial charge is 0.306 e. The summed E-state index contributed by atoms with van der Waals surface area (Å²) < 4.78 is 10.8. The van der Waals surface area contributed by atoms with Gasteiger partial charge in [0.25, 0.3) is 0 Å². The van der Waals surface area contributed by atoms with Gasteiger partial charge in [-0.25, -0.2) is 0 Å². The molecule has 0 heterocycles. The van der Waals surface area contributed by atoms with E-state index >= 15 is 0 Å². The fraction of sp³-hybridized carbons (Fsp3) is 0.800. The number of rotatable bonds is 11. The van der Waals surface area contributed by atoms with Crippen molar-refractivity contribution in [2.24, 2.45) is 23.2 Å². The Morgan fingerprint density at radius 3 is 1.75 bits per heavy atom. The molecular weight excluding hydrogens is 368 g/mol. The lowest BCUT2D eigenvalue weighted by atomic mass is 9.60. The Bertz CT molecular complexity index is 535. The molecule has 1 aliphatic carbocycles. The van der Waals surface area contributed by atoms with Crippen molar-refractivity contribution in [2.75, 3.05) is 13.2 Å². The van der Waals surface area contributed by atoms with E-state index in [0.29, 0.717) is 12.3 Å². The summed E-state index contributed by atoms with van der Waals surface area (Å²) in [4.78, 5) is 45.2. The second-order valence-electron chi connectivity index (χ2n) is 8.21. The third-order valence-electron chi connectivity index (χ3n) is 5.44. The predicted octanol–water partition coefficient (Wildman–Crippen LogP) is 2.88. The van der Waals surface area contributed by atoms with Crippen LogP contribution in [0.25, 0.3) is 0 Å². The second kappa shape index (κ2) is 11.0. The molecule has 28 heavy (non-hydrogen) atoms. The number of ether oxygens (including phenoxy) is 2. The third-order valence-corrected chi connectivity index (χ3v) is 5.44. The maximum absolute atomic E-state index is 11.9. The van der Waals surface area contributed by atoms with Crippen molar-refractivity contribution in [2.45, 2.75) is 65.7 Å². The molecule has 8 nitrogen and oxygen atoms in total. The Kier molecular flexibility index (Phi) is 9.41. The minimum atomic E-state index is -1.06. The summed E-state index contributed by atoms with van der Waals surface area (Å²) >= 11 is 0. The Morgan fingerprint density at radius 2 is 1.36 bits per heavy atom. The van der Waals surface area contributed by atoms with Gasteiger partial charge >= 0.3 is 23.9 Å². The molecule has 0 radical (unpaired) electrons. The maximum atomic E-state index is 11.9. The molecule has 1 saturated carbocycles. The lowest BCUT2D eigenvalue weighted by Gasteiger charge is -2.47. The molecular formula is C20H32O8. The summed E-state index contributed by atoms with van der Waals surface area (Å²) in [6, 6.07) is 0. The summed E-state index contributed by atoms with van der Waals surface area (Å²) in [7, 11) is 0. The fourth-order valence-electron chi connectivity index (χ4n) is 4.14. The van der Waals surface area contributed by atoms with E-state index in [4.69, 9.17) is 19.7 Å². The van der Waals surface area contributed by atoms with Gasteiger partial charge in [-0.1, -0.05) is 27.2 Å². The normalized spacial score (nSPS) is 21.1. The number of carboxylic acid groups (broad SMARTS) is 2. The van der Waals surface area contributed by atoms with Crippen molar-refractivity contribution in [1.82, 2.24) is 0 Å². The summed E-state index contributed by atoms with van der Waals surface area (Å²) in [6.07, 6.45) is 1.68. The molecule has 1 fully saturated rings. The van der Waals surface area contributed by atoms with E-state index in [1.54, 1.807) is 0 Å². The van der Waals surface area contributed by atoms with E-state index < -0.39 is 29.3 Å². The van der Waals surface area contributed by atoms with Gasteiger partial charge in [-0.15, -0.1) is 0 Å². The first-order valence-corrected chi connectivity index (χ1v) is 9.80. The number of hydrogen-bond donors (Lipinski definition) is 2. The molecule has 0 spiro atoms. The number of carboxylic acids is 2. The van der Waals surface area contributed by atoms with Crippen LogP contribution in [0, 0.1) is 23.2 Å². The molecule has 160 valence electrons. The number of hydrogen-bond acceptors (Lipinski definition) is 6. The van der Waals surface area contributed by atoms with E-state index in [0.717, 1.165) is 12.8 Å². The standard InChI is InChI=1S/C20H32O8/c1-13(2)15-5-4-14(3)10-20(15,11-27-18(25)8-6-16(21)22)12-28-19(26)9-7-17(23)24/h13-15H,4-12H2,1-3H3,(H,21,22)(H,23,24)/t14-,15-/m1/s1. The number of carbonyl (C=O) groups is 4. The van der Waals surface area contributed by atoms with Gasteiger partial charge in [0.15, 0.2) is 0 Å². The molecule has 2 atom stereocenters. The molecule has 0 bridgehead atoms. The predicted molar refractivity (Wildman–Crippen MR) is 99.4 cm³/mol. The molecule has 1 rings (SSSR count). The van der Waals surface area contributed by atoms with Crippen molar-refractivity contribution >= 4 is 23.9 Å². The monoisotopic (exact) mass is 400 g/mol. The van der Waals surface area contributed by atoms with Crippen LogP contribution in [0.5, 0.6) is 0 Å². The van der Waals surface area contributed by atoms with E-state index in [2.05, 4.69) is 20.8 Å². The molecule has 0 amide bonds. The lowest BCUT2D eigenvalue weighted by molar-refractivity contribution is -0.165. The number of esters is 2. The van der Waals surface area contributed by atoms with Gasteiger partial charge in [-0.2, -0.15) is 0 Å². The quantitative estimate of drug-likeness (QED) is 0.507. The zero-order valence-electron chi connectivity index (χ0n) is 16.9. The van der Waals surface area contributed by atoms with Gasteiger partial charge in [0.05, 0.1) is 25.7 Å². The second-order valence-corrected chi connectivity index (χ2v) is 8.21. The van der Waals surface area contributed by atoms with Crippen LogP contribution in [0.3, 0.4) is 0 Å². The number of aliphatic carboxylic acids is 2. The minimum absolute atomic E-state index is 0.0604. The van der Waals surface area contributed by atoms with Crippen LogP contribution in [-0.2, 0) is 28.7 Å². The summed E-state index contributed by atoms with van der Waals surface area (Å²) in [5.41, 5.74) is -0.552. The van der Waals surface area contributed by atoms with E-state index in [9.17, 15) is 19.2 Å². The molecule has 0 aromatic heterocycles. The zero-order valence-corrected chi connectivity index (χ0v) is 16.9. The summed E-state index contributed by atoms with van der Waals surface area (Å²) in [6.45, 7) is 6.38. The van der Waals surface area contributed by atoms with Crippen LogP contribution < -0.4 is 0 Å². The van der Waals surface area contributed by atoms with Gasteiger partial charge in [0.2, 0.25) is 0 Å². The number of carbonyl (C=O) groups excluding carboxylic acids is 2. The van der Waals surface area contributed by atoms with E-state index in [1.165, 1.54) is 0 Å². The van der Waals surface area contributed by atoms with Crippen LogP contribution in [0.4, 0.5) is 0 Å². The molecule has 0 saturated heterocycles. The molecule has 8 heteroatoms. The van der Waals surface area contributed by atoms with Crippen molar-refractivity contribution < 1.29 is 38.9 Å². The average Bonchev–Trinajstić information content (AvgIpc) is 2.61. The summed E-state index contributed by atoms with van der Waals surface area (Å²) in [5.74, 6) is -2.48. The third kappa shape index (κ3) is 7.86. The SMILES string of the molecule is CC(C)[C@H]1CC[C@@H](C)CC1(COC(=O)CCC(=O)O)COC(=O)CCC(=O)O. The largest absolute Gasteiger partial charge is 0.481 e. The topological polar surface area (TPSA) is 127 Å². The Hall–Kier alpha value is -2.12. The van der Waals surface area contributed by atoms with Crippen molar-refractivity contribution in [3.8, 4) is 0 Å². The Balaban J connectivity index is 2.85. The Labute approximate surface area is 165 Å². The van der Waals surface area contributed by atoms with Gasteiger partial charge in [-0.05, 0) is 30.6 Å². The van der Waals surface area contributed by atoms with Gasteiger partial charge in [0, 0.05) is 5.41 Å². The first-order valence-electron chi connectivity index (χ1n) is 9.80. The highest BCUT2D eigenvalue weighted by atomic mass is 16.5. The van der Waals surface area contributed by atoms with Crippen LogP contribution in [0.1, 0.15) is 65.7 Å². The van der Waals surface area contributed by atoms with Gasteiger partial charge < -0.3 is 19.7 Å². The molecule has 0 aliphatic heterocycles. The fourth-order valence-corrected chi connectivity index (χ4v) is 4.14. The minimum Gasteiger partial charge on any atom is -0.481 e. The molecule has 1 aliphatic rings. The summed E-state index contributed by atoms with van der Waals surface area (Å²) in [5, 5.41) is 17.4. The molecule has 0 unspecified atom stereocenters. The first kappa shape index (κ1) is 23.9. The lowest BCUT2D eigenvalue weighted by Crippen LogP contribution is -2.47. The Morgan fingerprint density at radius 1 is 0.893 bits per heavy atom. The first-order chi connectivity index (χ1) is 13.1. The van der Waals surface area contributed by atoms with Crippen molar-refractivity contribution in [3.05, 3.63) is 0 Å². The van der Waals surface area contributed by atoms with Crippen molar-refractivity contribution in [1.29, 1.82) is 0 Å². The van der Waals surface area contributed by atoms with Crippen LogP contribution in [-0.4, -0.2) is 47.3 Å². The van der Waals surface area contributed by atoms with Crippen LogP contribution in [0.15, 0.2) is 0 Å². The van der Waals surface area contributed by atoms with E-state index in [1.807, 2.05) is 0 Å². The zero-order chi connectivity index (χ0) is 21.3. The van der Waals surface area contributed by atoms with Crippen molar-refractivity contribution in [3.63, 3.8) is 0 Å². The molecule has 0 aromatic rings. The maximum Gasteiger partial charge on any atom is 0.306 e. The van der Waals surface area contributed by atoms with E-state index in [-0.39, 0.29) is 50.7 Å². The highest BCUT2D eigenvalue weighted by Crippen LogP contribution is 2.47. The molecule has 2 N–H and O–H groups in total. The van der Waals surface area contributed by atoms with Gasteiger partial charge in [0.1, 0.15) is 13.2 Å². The highest BCUT2D eigenvalue weighted by molar-refractivity contribution is 5.77. The van der Waals surface area contributed by atoms with Gasteiger partial charge in [-0.3, -0.25) is 19.2 Å². The van der Waals surface area contributed by atoms with Crippen LogP contribution in [0.2, 0.25) is 0 Å². The van der Waals surface area contributed by atoms with Crippen LogP contribution >= 0.6 is 0 Å². The molecule has 0 aromatic carbocycles. The highest BCUT2D eigenvalue weighted by Gasteiger charge is 2.46. The average molecular weight is 400 g/mol.